The van der Waals surface area contributed by atoms with Crippen LogP contribution in [-0.2, 0) is 19.9 Å². The Hall–Kier alpha value is -0.960. The summed E-state index contributed by atoms with van der Waals surface area (Å²) in [6, 6.07) is 4.57. The van der Waals surface area contributed by atoms with Crippen molar-refractivity contribution in [1.29, 1.82) is 0 Å². The molecule has 0 amide bonds. The van der Waals surface area contributed by atoms with E-state index in [1.807, 2.05) is 32.8 Å². The summed E-state index contributed by atoms with van der Waals surface area (Å²) in [6.07, 6.45) is 0.361. The van der Waals surface area contributed by atoms with Gasteiger partial charge in [0.15, 0.2) is 9.84 Å². The molecule has 1 aromatic rings. The molecule has 0 aliphatic carbocycles. The van der Waals surface area contributed by atoms with E-state index in [1.165, 1.54) is 4.31 Å². The van der Waals surface area contributed by atoms with E-state index in [1.54, 1.807) is 18.2 Å². The zero-order valence-corrected chi connectivity index (χ0v) is 16.3. The molecule has 1 heterocycles. The van der Waals surface area contributed by atoms with Crippen LogP contribution < -0.4 is 0 Å². The predicted octanol–water partition coefficient (Wildman–Crippen LogP) is 1.04. The van der Waals surface area contributed by atoms with Gasteiger partial charge >= 0.3 is 0 Å². The summed E-state index contributed by atoms with van der Waals surface area (Å²) in [5.41, 5.74) is 1.93. The van der Waals surface area contributed by atoms with Crippen LogP contribution in [-0.4, -0.2) is 70.8 Å². The van der Waals surface area contributed by atoms with Crippen LogP contribution in [0.4, 0.5) is 0 Å². The quantitative estimate of drug-likeness (QED) is 0.744. The highest BCUT2D eigenvalue weighted by Gasteiger charge is 2.38. The van der Waals surface area contributed by atoms with Gasteiger partial charge in [-0.1, -0.05) is 6.07 Å². The molecule has 1 saturated heterocycles. The lowest BCUT2D eigenvalue weighted by atomic mass is 10.1. The number of benzene rings is 1. The number of hydrogen-bond donors (Lipinski definition) is 0. The Morgan fingerprint density at radius 3 is 2.29 bits per heavy atom. The maximum Gasteiger partial charge on any atom is 0.243 e. The van der Waals surface area contributed by atoms with Gasteiger partial charge in [-0.05, 0) is 57.6 Å². The zero-order valence-electron chi connectivity index (χ0n) is 14.7. The fraction of sp³-hybridized carbons (Fsp3) is 0.625. The minimum atomic E-state index is -3.73. The standard InChI is InChI=1S/C16H26N2O4S2/c1-13-5-6-16(11-14(13)2)24(21,22)18(9-8-17(3)4)15-7-10-23(19,20)12-15/h5-6,11,15H,7-10,12H2,1-4H3/t15-/m0/s1. The first-order chi connectivity index (χ1) is 11.0. The van der Waals surface area contributed by atoms with Crippen molar-refractivity contribution in [2.45, 2.75) is 31.2 Å². The first kappa shape index (κ1) is 19.4. The second kappa shape index (κ2) is 7.11. The molecule has 0 N–H and O–H groups in total. The highest BCUT2D eigenvalue weighted by Crippen LogP contribution is 2.26. The van der Waals surface area contributed by atoms with Gasteiger partial charge in [-0.25, -0.2) is 16.8 Å². The number of sulfonamides is 1. The van der Waals surface area contributed by atoms with Crippen LogP contribution in [0.3, 0.4) is 0 Å². The highest BCUT2D eigenvalue weighted by molar-refractivity contribution is 7.92. The molecule has 1 aliphatic rings. The van der Waals surface area contributed by atoms with Gasteiger partial charge in [0.2, 0.25) is 10.0 Å². The van der Waals surface area contributed by atoms with Crippen LogP contribution in [0, 0.1) is 13.8 Å². The van der Waals surface area contributed by atoms with Gasteiger partial charge in [-0.15, -0.1) is 0 Å². The lowest BCUT2D eigenvalue weighted by Gasteiger charge is -2.28. The Balaban J connectivity index is 2.38. The Morgan fingerprint density at radius 2 is 1.79 bits per heavy atom. The number of nitrogens with zero attached hydrogens (tertiary/aromatic N) is 2. The number of hydrogen-bond acceptors (Lipinski definition) is 5. The van der Waals surface area contributed by atoms with Gasteiger partial charge in [0.25, 0.3) is 0 Å². The first-order valence-corrected chi connectivity index (χ1v) is 11.2. The van der Waals surface area contributed by atoms with E-state index < -0.39 is 25.9 Å². The van der Waals surface area contributed by atoms with Gasteiger partial charge in [-0.2, -0.15) is 4.31 Å². The summed E-state index contributed by atoms with van der Waals surface area (Å²) in [5, 5.41) is 0. The number of sulfone groups is 1. The molecule has 8 heteroatoms. The van der Waals surface area contributed by atoms with Crippen molar-refractivity contribution in [2.24, 2.45) is 0 Å². The van der Waals surface area contributed by atoms with E-state index in [2.05, 4.69) is 0 Å². The Labute approximate surface area is 145 Å². The lowest BCUT2D eigenvalue weighted by molar-refractivity contribution is 0.293. The molecule has 0 aromatic heterocycles. The van der Waals surface area contributed by atoms with Crippen LogP contribution in [0.2, 0.25) is 0 Å². The third kappa shape index (κ3) is 4.36. The molecule has 136 valence electrons. The molecule has 1 aromatic carbocycles. The van der Waals surface area contributed by atoms with Crippen molar-refractivity contribution in [3.8, 4) is 0 Å². The molecule has 1 atom stereocenters. The summed E-state index contributed by atoms with van der Waals surface area (Å²) >= 11 is 0. The van der Waals surface area contributed by atoms with Gasteiger partial charge < -0.3 is 4.90 Å². The molecule has 0 radical (unpaired) electrons. The summed E-state index contributed by atoms with van der Waals surface area (Å²) < 4.78 is 51.2. The van der Waals surface area contributed by atoms with Crippen LogP contribution in [0.5, 0.6) is 0 Å². The normalized spacial score (nSPS) is 20.8. The van der Waals surface area contributed by atoms with Gasteiger partial charge in [0.1, 0.15) is 0 Å². The van der Waals surface area contributed by atoms with Crippen molar-refractivity contribution in [2.75, 3.05) is 38.7 Å². The molecule has 2 rings (SSSR count). The smallest absolute Gasteiger partial charge is 0.243 e. The van der Waals surface area contributed by atoms with E-state index in [0.29, 0.717) is 13.0 Å². The van der Waals surface area contributed by atoms with Crippen LogP contribution in [0.25, 0.3) is 0 Å². The predicted molar refractivity (Wildman–Crippen MR) is 95.4 cm³/mol. The van der Waals surface area contributed by atoms with Gasteiger partial charge in [0, 0.05) is 19.1 Å². The van der Waals surface area contributed by atoms with Crippen molar-refractivity contribution in [3.63, 3.8) is 0 Å². The zero-order chi connectivity index (χ0) is 18.1. The van der Waals surface area contributed by atoms with Crippen LogP contribution >= 0.6 is 0 Å². The fourth-order valence-electron chi connectivity index (χ4n) is 2.81. The minimum absolute atomic E-state index is 0.0541. The molecule has 1 aliphatic heterocycles. The van der Waals surface area contributed by atoms with Crippen molar-refractivity contribution in [1.82, 2.24) is 9.21 Å². The first-order valence-electron chi connectivity index (χ1n) is 7.97. The molecular weight excluding hydrogens is 348 g/mol. The maximum absolute atomic E-state index is 13.1. The fourth-order valence-corrected chi connectivity index (χ4v) is 6.37. The Morgan fingerprint density at radius 1 is 1.12 bits per heavy atom. The molecule has 0 unspecified atom stereocenters. The van der Waals surface area contributed by atoms with E-state index in [0.717, 1.165) is 11.1 Å². The minimum Gasteiger partial charge on any atom is -0.308 e. The van der Waals surface area contributed by atoms with Crippen molar-refractivity contribution >= 4 is 19.9 Å². The number of likely N-dealkylation sites (N-methyl/N-ethyl adjacent to an activating group) is 1. The van der Waals surface area contributed by atoms with E-state index in [4.69, 9.17) is 0 Å². The third-order valence-corrected chi connectivity index (χ3v) is 8.17. The van der Waals surface area contributed by atoms with E-state index in [-0.39, 0.29) is 22.9 Å². The molecule has 1 fully saturated rings. The van der Waals surface area contributed by atoms with Crippen LogP contribution in [0.15, 0.2) is 23.1 Å². The maximum atomic E-state index is 13.1. The average Bonchev–Trinajstić information content (AvgIpc) is 2.81. The number of aryl methyl sites for hydroxylation is 2. The van der Waals surface area contributed by atoms with Gasteiger partial charge in [-0.3, -0.25) is 0 Å². The Bertz CT molecular complexity index is 801. The van der Waals surface area contributed by atoms with E-state index in [9.17, 15) is 16.8 Å². The second-order valence-electron chi connectivity index (χ2n) is 6.72. The monoisotopic (exact) mass is 374 g/mol. The third-order valence-electron chi connectivity index (χ3n) is 4.47. The molecule has 6 nitrogen and oxygen atoms in total. The molecular formula is C16H26N2O4S2. The average molecular weight is 375 g/mol. The highest BCUT2D eigenvalue weighted by atomic mass is 32.2. The molecule has 0 bridgehead atoms. The lowest BCUT2D eigenvalue weighted by Crippen LogP contribution is -2.44. The van der Waals surface area contributed by atoms with Crippen LogP contribution in [0.1, 0.15) is 17.5 Å². The Kier molecular flexibility index (Phi) is 5.74. The summed E-state index contributed by atoms with van der Waals surface area (Å²) in [7, 11) is -3.15. The second-order valence-corrected chi connectivity index (χ2v) is 10.8. The topological polar surface area (TPSA) is 74.8 Å². The summed E-state index contributed by atoms with van der Waals surface area (Å²) in [4.78, 5) is 2.13. The number of rotatable bonds is 6. The SMILES string of the molecule is Cc1ccc(S(=O)(=O)N(CCN(C)C)[C@H]2CCS(=O)(=O)C2)cc1C. The molecule has 0 spiro atoms. The largest absolute Gasteiger partial charge is 0.308 e. The van der Waals surface area contributed by atoms with Crippen molar-refractivity contribution < 1.29 is 16.8 Å². The molecule has 24 heavy (non-hydrogen) atoms. The summed E-state index contributed by atoms with van der Waals surface area (Å²) in [6.45, 7) is 4.63. The van der Waals surface area contributed by atoms with Gasteiger partial charge in [0.05, 0.1) is 16.4 Å². The summed E-state index contributed by atoms with van der Waals surface area (Å²) in [5.74, 6) is -0.0386. The molecule has 0 saturated carbocycles. The van der Waals surface area contributed by atoms with Crippen molar-refractivity contribution in [3.05, 3.63) is 29.3 Å². The van der Waals surface area contributed by atoms with E-state index >= 15 is 0 Å².